The van der Waals surface area contributed by atoms with E-state index in [1.165, 1.54) is 28.4 Å². The summed E-state index contributed by atoms with van der Waals surface area (Å²) < 4.78 is 10.7. The van der Waals surface area contributed by atoms with Crippen LogP contribution in [0.3, 0.4) is 0 Å². The molecule has 2 aromatic carbocycles. The van der Waals surface area contributed by atoms with Crippen LogP contribution in [0.5, 0.6) is 5.75 Å². The summed E-state index contributed by atoms with van der Waals surface area (Å²) in [6, 6.07) is 11.4. The molecule has 2 aliphatic heterocycles. The van der Waals surface area contributed by atoms with Crippen LogP contribution in [-0.2, 0) is 25.7 Å². The van der Waals surface area contributed by atoms with Gasteiger partial charge in [-0.25, -0.2) is 4.79 Å². The van der Waals surface area contributed by atoms with Crippen LogP contribution in [0.2, 0.25) is 10.0 Å². The lowest BCUT2D eigenvalue weighted by Crippen LogP contribution is -2.70. The Morgan fingerprint density at radius 2 is 1.97 bits per heavy atom. The number of β-lactam (4-membered cyclic amide) rings is 1. The third-order valence-electron chi connectivity index (χ3n) is 5.70. The van der Waals surface area contributed by atoms with Gasteiger partial charge in [0, 0.05) is 21.6 Å². The van der Waals surface area contributed by atoms with E-state index in [-0.39, 0.29) is 35.8 Å². The molecular weight excluding hydrogens is 591 g/mol. The van der Waals surface area contributed by atoms with Crippen molar-refractivity contribution in [2.45, 2.75) is 22.9 Å². The number of hydrogen-bond donors (Lipinski definition) is 1. The lowest BCUT2D eigenvalue weighted by atomic mass is 10.0. The number of fused-ring (bicyclic) bond motifs is 1. The highest BCUT2D eigenvalue weighted by Gasteiger charge is 2.54. The zero-order valence-corrected chi connectivity index (χ0v) is 24.0. The van der Waals surface area contributed by atoms with Crippen LogP contribution in [0.15, 0.2) is 70.8 Å². The molecule has 2 aliphatic rings. The van der Waals surface area contributed by atoms with Crippen molar-refractivity contribution in [3.63, 3.8) is 0 Å². The highest BCUT2D eigenvalue weighted by molar-refractivity contribution is 8.00. The normalized spacial score (nSPS) is 18.7. The monoisotopic (exact) mass is 612 g/mol. The maximum absolute atomic E-state index is 13.2. The summed E-state index contributed by atoms with van der Waals surface area (Å²) in [5.41, 5.74) is 1.58. The number of esters is 1. The minimum atomic E-state index is -0.758. The molecule has 1 saturated heterocycles. The number of hydrogen-bond acceptors (Lipinski definition) is 7. The predicted molar refractivity (Wildman–Crippen MR) is 152 cm³/mol. The van der Waals surface area contributed by atoms with Gasteiger partial charge in [0.1, 0.15) is 29.5 Å². The van der Waals surface area contributed by atoms with Crippen LogP contribution in [0, 0.1) is 0 Å². The van der Waals surface area contributed by atoms with E-state index in [0.29, 0.717) is 32.0 Å². The number of benzene rings is 2. The topological polar surface area (TPSA) is 84.9 Å². The number of carbonyl (C=O) groups excluding carboxylic acids is 3. The number of amides is 2. The van der Waals surface area contributed by atoms with E-state index in [1.54, 1.807) is 61.7 Å². The zero-order chi connectivity index (χ0) is 27.2. The number of alkyl halides is 1. The number of nitrogens with one attached hydrogen (secondary N) is 1. The minimum Gasteiger partial charge on any atom is -0.497 e. The first-order chi connectivity index (χ1) is 18.3. The lowest BCUT2D eigenvalue weighted by molar-refractivity contribution is -0.153. The molecular formula is C26H23Cl3N2O5S2. The number of nitrogens with zero attached hydrogens (tertiary/aromatic N) is 1. The second-order valence-corrected chi connectivity index (χ2v) is 11.4. The summed E-state index contributed by atoms with van der Waals surface area (Å²) in [4.78, 5) is 41.0. The number of allylic oxidation sites excluding steroid dienone is 2. The van der Waals surface area contributed by atoms with Crippen molar-refractivity contribution in [1.82, 2.24) is 10.2 Å². The number of methoxy groups -OCH3 is 1. The van der Waals surface area contributed by atoms with Gasteiger partial charge >= 0.3 is 5.97 Å². The molecule has 1 fully saturated rings. The van der Waals surface area contributed by atoms with Gasteiger partial charge in [0.2, 0.25) is 5.91 Å². The predicted octanol–water partition coefficient (Wildman–Crippen LogP) is 5.29. The average molecular weight is 614 g/mol. The van der Waals surface area contributed by atoms with Crippen molar-refractivity contribution in [3.05, 3.63) is 81.5 Å². The Bertz CT molecular complexity index is 1290. The van der Waals surface area contributed by atoms with Gasteiger partial charge in [-0.3, -0.25) is 14.5 Å². The quantitative estimate of drug-likeness (QED) is 0.169. The molecule has 2 atom stereocenters. The fraction of sp³-hybridized carbons (Fsp3) is 0.269. The Morgan fingerprint density at radius 1 is 1.21 bits per heavy atom. The molecule has 4 rings (SSSR count). The van der Waals surface area contributed by atoms with Crippen LogP contribution < -0.4 is 10.1 Å². The average Bonchev–Trinajstić information content (AvgIpc) is 2.93. The van der Waals surface area contributed by atoms with E-state index in [0.717, 1.165) is 5.56 Å². The van der Waals surface area contributed by atoms with Gasteiger partial charge in [0.25, 0.3) is 5.91 Å². The molecule has 7 nitrogen and oxygen atoms in total. The Balaban J connectivity index is 1.42. The first-order valence-electron chi connectivity index (χ1n) is 11.4. The van der Waals surface area contributed by atoms with Crippen LogP contribution in [0.25, 0.3) is 0 Å². The van der Waals surface area contributed by atoms with Crippen molar-refractivity contribution in [2.75, 3.05) is 24.5 Å². The fourth-order valence-corrected chi connectivity index (χ4v) is 6.54. The van der Waals surface area contributed by atoms with Crippen molar-refractivity contribution in [1.29, 1.82) is 0 Å². The van der Waals surface area contributed by atoms with Crippen LogP contribution >= 0.6 is 58.3 Å². The molecule has 0 radical (unpaired) electrons. The molecule has 0 unspecified atom stereocenters. The van der Waals surface area contributed by atoms with Gasteiger partial charge in [-0.15, -0.1) is 35.1 Å². The molecule has 2 heterocycles. The molecule has 0 aromatic heterocycles. The molecule has 2 aromatic rings. The Kier molecular flexibility index (Phi) is 9.95. The van der Waals surface area contributed by atoms with E-state index < -0.39 is 17.4 Å². The zero-order valence-electron chi connectivity index (χ0n) is 20.1. The van der Waals surface area contributed by atoms with Gasteiger partial charge < -0.3 is 14.8 Å². The summed E-state index contributed by atoms with van der Waals surface area (Å²) >= 11 is 20.7. The molecule has 38 heavy (non-hydrogen) atoms. The number of halogens is 3. The van der Waals surface area contributed by atoms with Crippen LogP contribution in [-0.4, -0.2) is 58.6 Å². The molecule has 200 valence electrons. The second kappa shape index (κ2) is 13.2. The molecule has 2 amide bonds. The van der Waals surface area contributed by atoms with Gasteiger partial charge in [0.05, 0.1) is 17.9 Å². The van der Waals surface area contributed by atoms with Gasteiger partial charge in [-0.05, 0) is 41.5 Å². The maximum Gasteiger partial charge on any atom is 0.355 e. The van der Waals surface area contributed by atoms with E-state index >= 15 is 0 Å². The van der Waals surface area contributed by atoms with Gasteiger partial charge in [0.15, 0.2) is 0 Å². The molecule has 12 heteroatoms. The smallest absolute Gasteiger partial charge is 0.355 e. The van der Waals surface area contributed by atoms with Crippen LogP contribution in [0.4, 0.5) is 0 Å². The fourth-order valence-electron chi connectivity index (χ4n) is 3.83. The number of rotatable bonds is 10. The summed E-state index contributed by atoms with van der Waals surface area (Å²) in [5.74, 6) is 0.124. The summed E-state index contributed by atoms with van der Waals surface area (Å²) in [6.07, 6.45) is 3.43. The third kappa shape index (κ3) is 6.63. The van der Waals surface area contributed by atoms with E-state index in [2.05, 4.69) is 5.32 Å². The molecule has 0 bridgehead atoms. The van der Waals surface area contributed by atoms with Crippen LogP contribution in [0.1, 0.15) is 5.56 Å². The third-order valence-corrected chi connectivity index (χ3v) is 8.91. The molecule has 1 N–H and O–H groups in total. The SMILES string of the molecule is COc1ccc(COC(=O)C2=C(/C=C/CCl)CS[C@@H]3[C@H](NC(=O)CSc4cc(Cl)ccc4Cl)C(=O)N23)cc1. The standard InChI is InChI=1S/C26H23Cl3N2O5S2/c1-35-18-7-4-15(5-8-18)12-36-26(34)23-16(3-2-10-27)13-38-25-22(24(33)31(23)25)30-21(32)14-37-20-11-17(28)6-9-19(20)29/h2-9,11,22,25H,10,12-14H2,1H3,(H,30,32)/b3-2+/t22-,25-/m1/s1. The lowest BCUT2D eigenvalue weighted by Gasteiger charge is -2.49. The highest BCUT2D eigenvalue weighted by atomic mass is 35.5. The summed E-state index contributed by atoms with van der Waals surface area (Å²) in [7, 11) is 1.57. The Labute approximate surface area is 243 Å². The number of ether oxygens (including phenoxy) is 2. The van der Waals surface area contributed by atoms with Gasteiger partial charge in [-0.1, -0.05) is 47.5 Å². The Hall–Kier alpha value is -2.30. The number of thioether (sulfide) groups is 2. The second-order valence-electron chi connectivity index (χ2n) is 8.17. The first kappa shape index (κ1) is 28.7. The summed E-state index contributed by atoms with van der Waals surface area (Å²) in [6.45, 7) is 0.0299. The first-order valence-corrected chi connectivity index (χ1v) is 14.7. The summed E-state index contributed by atoms with van der Waals surface area (Å²) in [5, 5.41) is 3.35. The molecule has 0 saturated carbocycles. The highest BCUT2D eigenvalue weighted by Crippen LogP contribution is 2.41. The van der Waals surface area contributed by atoms with Gasteiger partial charge in [-0.2, -0.15) is 0 Å². The van der Waals surface area contributed by atoms with E-state index in [1.807, 2.05) is 0 Å². The maximum atomic E-state index is 13.2. The largest absolute Gasteiger partial charge is 0.497 e. The number of carbonyl (C=O) groups is 3. The molecule has 0 aliphatic carbocycles. The molecule has 0 spiro atoms. The van der Waals surface area contributed by atoms with E-state index in [4.69, 9.17) is 44.3 Å². The van der Waals surface area contributed by atoms with Crippen molar-refractivity contribution in [2.24, 2.45) is 0 Å². The van der Waals surface area contributed by atoms with Crippen molar-refractivity contribution in [3.8, 4) is 5.75 Å². The van der Waals surface area contributed by atoms with Crippen molar-refractivity contribution < 1.29 is 23.9 Å². The minimum absolute atomic E-state index is 0.0299. The van der Waals surface area contributed by atoms with Crippen molar-refractivity contribution >= 4 is 76.1 Å². The van der Waals surface area contributed by atoms with E-state index in [9.17, 15) is 14.4 Å². The Morgan fingerprint density at radius 3 is 2.68 bits per heavy atom.